The van der Waals surface area contributed by atoms with Crippen molar-refractivity contribution >= 4 is 17.7 Å². The monoisotopic (exact) mass is 428 g/mol. The Hall–Kier alpha value is -3.57. The van der Waals surface area contributed by atoms with Gasteiger partial charge in [-0.1, -0.05) is 18.2 Å². The van der Waals surface area contributed by atoms with Gasteiger partial charge in [-0.25, -0.2) is 9.59 Å². The van der Waals surface area contributed by atoms with Crippen LogP contribution in [0.3, 0.4) is 0 Å². The van der Waals surface area contributed by atoms with Crippen molar-refractivity contribution in [3.8, 4) is 0 Å². The third-order valence-corrected chi connectivity index (χ3v) is 4.43. The van der Waals surface area contributed by atoms with Crippen LogP contribution in [0.4, 0.5) is 19.0 Å². The average molecular weight is 428 g/mol. The molecule has 1 amide bonds. The van der Waals surface area contributed by atoms with Crippen LogP contribution in [-0.2, 0) is 29.2 Å². The number of carbonyl (C=O) groups is 2. The number of nitrogen functional groups attached to an aromatic ring is 1. The Morgan fingerprint density at radius 2 is 1.67 bits per heavy atom. The van der Waals surface area contributed by atoms with Crippen molar-refractivity contribution in [1.82, 2.24) is 14.5 Å². The van der Waals surface area contributed by atoms with Crippen LogP contribution in [0, 0.1) is 0 Å². The number of nitrogens with two attached hydrogens (primary N) is 1. The number of amides is 1. The Bertz CT molecular complexity index is 1090. The zero-order valence-corrected chi connectivity index (χ0v) is 16.2. The number of aromatic nitrogens is 2. The lowest BCUT2D eigenvalue weighted by Crippen LogP contribution is -2.65. The number of carbonyl (C=O) groups excluding carboxylic acids is 2. The number of halogens is 3. The minimum absolute atomic E-state index is 0.212. The Morgan fingerprint density at radius 3 is 2.17 bits per heavy atom. The standard InChI is InChI=1S/C18H19F3N4O5/c1-4-30-15(28)17(18(19,20)21,23-13(26)10-8-6-5-7-9-10)11-12(22)24(2)16(29)25(3)14(11)27/h5-9H,4,22H2,1-3H3,(H,23,26). The van der Waals surface area contributed by atoms with Crippen LogP contribution < -0.4 is 22.3 Å². The average Bonchev–Trinajstić information content (AvgIpc) is 2.69. The number of rotatable bonds is 5. The number of benzene rings is 1. The van der Waals surface area contributed by atoms with Crippen molar-refractivity contribution in [3.05, 3.63) is 62.3 Å². The van der Waals surface area contributed by atoms with E-state index < -0.39 is 52.8 Å². The molecule has 1 aromatic heterocycles. The second kappa shape index (κ2) is 8.05. The molecular formula is C18H19F3N4O5. The molecule has 12 heteroatoms. The first-order valence-electron chi connectivity index (χ1n) is 8.57. The fourth-order valence-corrected chi connectivity index (χ4v) is 2.83. The number of anilines is 1. The smallest absolute Gasteiger partial charge is 0.427 e. The molecule has 2 rings (SSSR count). The predicted molar refractivity (Wildman–Crippen MR) is 99.6 cm³/mol. The molecular weight excluding hydrogens is 409 g/mol. The zero-order chi connectivity index (χ0) is 22.9. The van der Waals surface area contributed by atoms with Crippen LogP contribution in [-0.4, -0.2) is 33.8 Å². The lowest BCUT2D eigenvalue weighted by Gasteiger charge is -2.34. The van der Waals surface area contributed by atoms with E-state index in [1.165, 1.54) is 37.3 Å². The van der Waals surface area contributed by atoms with Gasteiger partial charge in [0, 0.05) is 19.7 Å². The van der Waals surface area contributed by atoms with E-state index in [0.29, 0.717) is 9.13 Å². The summed E-state index contributed by atoms with van der Waals surface area (Å²) in [6.07, 6.45) is -5.55. The molecule has 3 N–H and O–H groups in total. The van der Waals surface area contributed by atoms with Gasteiger partial charge in [-0.15, -0.1) is 0 Å². The fourth-order valence-electron chi connectivity index (χ4n) is 2.83. The summed E-state index contributed by atoms with van der Waals surface area (Å²) in [7, 11) is 1.94. The predicted octanol–water partition coefficient (Wildman–Crippen LogP) is 0.417. The molecule has 0 aliphatic rings. The minimum Gasteiger partial charge on any atom is -0.464 e. The normalized spacial score (nSPS) is 13.4. The van der Waals surface area contributed by atoms with Crippen LogP contribution >= 0.6 is 0 Å². The van der Waals surface area contributed by atoms with E-state index in [2.05, 4.69) is 4.74 Å². The summed E-state index contributed by atoms with van der Waals surface area (Å²) in [6, 6.07) is 6.75. The van der Waals surface area contributed by atoms with E-state index in [-0.39, 0.29) is 5.56 Å². The Morgan fingerprint density at radius 1 is 1.10 bits per heavy atom. The molecule has 162 valence electrons. The molecule has 30 heavy (non-hydrogen) atoms. The van der Waals surface area contributed by atoms with Crippen molar-refractivity contribution in [1.29, 1.82) is 0 Å². The highest BCUT2D eigenvalue weighted by Crippen LogP contribution is 2.41. The quantitative estimate of drug-likeness (QED) is 0.665. The number of alkyl halides is 3. The Balaban J connectivity index is 2.94. The second-order valence-corrected chi connectivity index (χ2v) is 6.25. The van der Waals surface area contributed by atoms with Crippen molar-refractivity contribution in [3.63, 3.8) is 0 Å². The summed E-state index contributed by atoms with van der Waals surface area (Å²) in [5, 5.41) is 1.60. The maximum absolute atomic E-state index is 14.4. The molecule has 9 nitrogen and oxygen atoms in total. The van der Waals surface area contributed by atoms with Crippen molar-refractivity contribution in [2.75, 3.05) is 12.3 Å². The minimum atomic E-state index is -5.55. The van der Waals surface area contributed by atoms with Gasteiger partial charge in [0.2, 0.25) is 0 Å². The summed E-state index contributed by atoms with van der Waals surface area (Å²) in [5.41, 5.74) is -2.36. The zero-order valence-electron chi connectivity index (χ0n) is 16.2. The van der Waals surface area contributed by atoms with Gasteiger partial charge in [-0.3, -0.25) is 18.7 Å². The molecule has 0 aliphatic carbocycles. The summed E-state index contributed by atoms with van der Waals surface area (Å²) >= 11 is 0. The number of esters is 1. The maximum atomic E-state index is 14.4. The largest absolute Gasteiger partial charge is 0.464 e. The number of ether oxygens (including phenoxy) is 1. The summed E-state index contributed by atoms with van der Waals surface area (Å²) in [6.45, 7) is 0.768. The number of nitrogens with zero attached hydrogens (tertiary/aromatic N) is 2. The number of hydrogen-bond acceptors (Lipinski definition) is 6. The number of nitrogens with one attached hydrogen (secondary N) is 1. The molecule has 0 radical (unpaired) electrons. The molecule has 1 heterocycles. The van der Waals surface area contributed by atoms with Gasteiger partial charge in [0.05, 0.1) is 6.61 Å². The first-order valence-corrected chi connectivity index (χ1v) is 8.57. The maximum Gasteiger partial charge on any atom is 0.427 e. The number of hydrogen-bond donors (Lipinski definition) is 2. The van der Waals surface area contributed by atoms with Crippen molar-refractivity contribution < 1.29 is 27.5 Å². The van der Waals surface area contributed by atoms with E-state index in [9.17, 15) is 32.3 Å². The molecule has 0 fully saturated rings. The molecule has 1 unspecified atom stereocenters. The second-order valence-electron chi connectivity index (χ2n) is 6.25. The van der Waals surface area contributed by atoms with E-state index >= 15 is 0 Å². The molecule has 1 aromatic carbocycles. The highest BCUT2D eigenvalue weighted by molar-refractivity contribution is 5.99. The summed E-state index contributed by atoms with van der Waals surface area (Å²) < 4.78 is 48.8. The highest BCUT2D eigenvalue weighted by Gasteiger charge is 2.66. The molecule has 2 aromatic rings. The van der Waals surface area contributed by atoms with Crippen LogP contribution in [0.2, 0.25) is 0 Å². The molecule has 0 saturated heterocycles. The van der Waals surface area contributed by atoms with E-state index in [1.54, 1.807) is 5.32 Å². The Kier molecular flexibility index (Phi) is 6.09. The van der Waals surface area contributed by atoms with Gasteiger partial charge in [-0.05, 0) is 19.1 Å². The van der Waals surface area contributed by atoms with Gasteiger partial charge in [0.15, 0.2) is 0 Å². The summed E-state index contributed by atoms with van der Waals surface area (Å²) in [4.78, 5) is 50.0. The molecule has 0 aliphatic heterocycles. The molecule has 0 spiro atoms. The van der Waals surface area contributed by atoms with Gasteiger partial charge in [-0.2, -0.15) is 13.2 Å². The van der Waals surface area contributed by atoms with E-state index in [0.717, 1.165) is 14.1 Å². The topological polar surface area (TPSA) is 125 Å². The summed E-state index contributed by atoms with van der Waals surface area (Å²) in [5.74, 6) is -4.22. The van der Waals surface area contributed by atoms with Crippen LogP contribution in [0.15, 0.2) is 39.9 Å². The van der Waals surface area contributed by atoms with Crippen molar-refractivity contribution in [2.24, 2.45) is 14.1 Å². The van der Waals surface area contributed by atoms with Crippen LogP contribution in [0.5, 0.6) is 0 Å². The Labute approximate surface area is 167 Å². The van der Waals surface area contributed by atoms with E-state index in [4.69, 9.17) is 5.73 Å². The van der Waals surface area contributed by atoms with Gasteiger partial charge >= 0.3 is 17.8 Å². The SMILES string of the molecule is CCOC(=O)C(NC(=O)c1ccccc1)(c1c(N)n(C)c(=O)n(C)c1=O)C(F)(F)F. The van der Waals surface area contributed by atoms with Gasteiger partial charge < -0.3 is 15.8 Å². The van der Waals surface area contributed by atoms with Crippen LogP contribution in [0.1, 0.15) is 22.8 Å². The first kappa shape index (κ1) is 22.7. The van der Waals surface area contributed by atoms with Crippen LogP contribution in [0.25, 0.3) is 0 Å². The van der Waals surface area contributed by atoms with Crippen molar-refractivity contribution in [2.45, 2.75) is 18.6 Å². The van der Waals surface area contributed by atoms with Gasteiger partial charge in [0.1, 0.15) is 11.4 Å². The fraction of sp³-hybridized carbons (Fsp3) is 0.333. The first-order chi connectivity index (χ1) is 13.9. The molecule has 1 atom stereocenters. The van der Waals surface area contributed by atoms with E-state index in [1.807, 2.05) is 0 Å². The lowest BCUT2D eigenvalue weighted by atomic mass is 9.89. The lowest BCUT2D eigenvalue weighted by molar-refractivity contribution is -0.214. The molecule has 0 bridgehead atoms. The molecule has 0 saturated carbocycles. The third kappa shape index (κ3) is 3.55. The highest BCUT2D eigenvalue weighted by atomic mass is 19.4. The van der Waals surface area contributed by atoms with Gasteiger partial charge in [0.25, 0.3) is 17.0 Å². The third-order valence-electron chi connectivity index (χ3n) is 4.43.